The number of rotatable bonds is 7. The van der Waals surface area contributed by atoms with Gasteiger partial charge in [-0.15, -0.1) is 0 Å². The van der Waals surface area contributed by atoms with Gasteiger partial charge in [0.1, 0.15) is 5.75 Å². The molecule has 0 amide bonds. The highest BCUT2D eigenvalue weighted by Crippen LogP contribution is 2.21. The summed E-state index contributed by atoms with van der Waals surface area (Å²) in [4.78, 5) is 12.6. The van der Waals surface area contributed by atoms with Crippen LogP contribution in [0.15, 0.2) is 53.4 Å². The lowest BCUT2D eigenvalue weighted by Crippen LogP contribution is -2.35. The maximum atomic E-state index is 12.6. The van der Waals surface area contributed by atoms with Crippen molar-refractivity contribution in [3.8, 4) is 5.75 Å². The van der Waals surface area contributed by atoms with Gasteiger partial charge in [-0.2, -0.15) is 4.31 Å². The number of hydrogen-bond acceptors (Lipinski definition) is 5. The molecule has 27 heavy (non-hydrogen) atoms. The van der Waals surface area contributed by atoms with Crippen molar-refractivity contribution in [2.75, 3.05) is 32.1 Å². The fourth-order valence-electron chi connectivity index (χ4n) is 3.06. The molecule has 3 rings (SSSR count). The average molecular weight is 388 g/mol. The third-order valence-corrected chi connectivity index (χ3v) is 6.59. The van der Waals surface area contributed by atoms with Crippen LogP contribution in [-0.2, 0) is 10.0 Å². The smallest absolute Gasteiger partial charge is 0.243 e. The lowest BCUT2D eigenvalue weighted by Gasteiger charge is -2.25. The van der Waals surface area contributed by atoms with Gasteiger partial charge in [0, 0.05) is 24.3 Å². The molecule has 0 atom stereocenters. The fourth-order valence-corrected chi connectivity index (χ4v) is 4.58. The van der Waals surface area contributed by atoms with Gasteiger partial charge in [0.2, 0.25) is 10.0 Å². The molecule has 0 aromatic heterocycles. The zero-order valence-electron chi connectivity index (χ0n) is 15.3. The Balaban J connectivity index is 1.62. The molecule has 144 valence electrons. The van der Waals surface area contributed by atoms with Crippen molar-refractivity contribution in [2.45, 2.75) is 24.2 Å². The second kappa shape index (κ2) is 8.54. The number of benzene rings is 2. The van der Waals surface area contributed by atoms with Crippen LogP contribution in [0, 0.1) is 0 Å². The molecule has 0 radical (unpaired) electrons. The summed E-state index contributed by atoms with van der Waals surface area (Å²) in [6.07, 6.45) is 2.86. The van der Waals surface area contributed by atoms with E-state index in [1.54, 1.807) is 19.2 Å². The van der Waals surface area contributed by atoms with Gasteiger partial charge in [0.15, 0.2) is 5.78 Å². The fraction of sp³-hybridized carbons (Fsp3) is 0.350. The van der Waals surface area contributed by atoms with Gasteiger partial charge < -0.3 is 10.1 Å². The van der Waals surface area contributed by atoms with Crippen molar-refractivity contribution in [1.82, 2.24) is 4.31 Å². The maximum Gasteiger partial charge on any atom is 0.243 e. The number of nitrogens with one attached hydrogen (secondary N) is 1. The summed E-state index contributed by atoms with van der Waals surface area (Å²) in [6.45, 7) is 1.26. The SMILES string of the molecule is COc1ccc(NCC(=O)c2ccc(S(=O)(=O)N3CCCCC3)cc2)cc1. The van der Waals surface area contributed by atoms with Crippen molar-refractivity contribution in [2.24, 2.45) is 0 Å². The molecule has 0 spiro atoms. The highest BCUT2D eigenvalue weighted by Gasteiger charge is 2.25. The number of ketones is 1. The molecule has 6 nitrogen and oxygen atoms in total. The molecule has 7 heteroatoms. The van der Waals surface area contributed by atoms with Crippen LogP contribution in [0.4, 0.5) is 5.69 Å². The molecule has 0 saturated carbocycles. The highest BCUT2D eigenvalue weighted by atomic mass is 32.2. The first kappa shape index (κ1) is 19.4. The molecule has 2 aromatic rings. The standard InChI is InChI=1S/C20H24N2O4S/c1-26-18-9-7-17(8-10-18)21-15-20(23)16-5-11-19(12-6-16)27(24,25)22-13-3-2-4-14-22/h5-12,21H,2-4,13-15H2,1H3. The Bertz CT molecular complexity index is 871. The largest absolute Gasteiger partial charge is 0.497 e. The van der Waals surface area contributed by atoms with E-state index in [0.29, 0.717) is 18.7 Å². The molecular weight excluding hydrogens is 364 g/mol. The number of anilines is 1. The Morgan fingerprint density at radius 3 is 2.22 bits per heavy atom. The van der Waals surface area contributed by atoms with Crippen LogP contribution in [0.3, 0.4) is 0 Å². The monoisotopic (exact) mass is 388 g/mol. The molecule has 0 unspecified atom stereocenters. The van der Waals surface area contributed by atoms with Gasteiger partial charge in [-0.1, -0.05) is 6.42 Å². The zero-order chi connectivity index (χ0) is 19.3. The molecule has 1 N–H and O–H groups in total. The third-order valence-electron chi connectivity index (χ3n) is 4.67. The molecule has 0 aliphatic carbocycles. The quantitative estimate of drug-likeness (QED) is 0.738. The lowest BCUT2D eigenvalue weighted by molar-refractivity contribution is 0.101. The van der Waals surface area contributed by atoms with Gasteiger partial charge in [0.25, 0.3) is 0 Å². The minimum absolute atomic E-state index is 0.104. The second-order valence-corrected chi connectivity index (χ2v) is 8.43. The van der Waals surface area contributed by atoms with Gasteiger partial charge in [-0.05, 0) is 61.4 Å². The minimum atomic E-state index is -3.47. The normalized spacial score (nSPS) is 15.3. The molecule has 0 bridgehead atoms. The van der Waals surface area contributed by atoms with Crippen LogP contribution in [-0.4, -0.2) is 45.3 Å². The molecule has 2 aromatic carbocycles. The number of hydrogen-bond donors (Lipinski definition) is 1. The van der Waals surface area contributed by atoms with E-state index in [-0.39, 0.29) is 17.2 Å². The number of piperidine rings is 1. The van der Waals surface area contributed by atoms with Crippen molar-refractivity contribution < 1.29 is 17.9 Å². The van der Waals surface area contributed by atoms with E-state index in [9.17, 15) is 13.2 Å². The van der Waals surface area contributed by atoms with Gasteiger partial charge >= 0.3 is 0 Å². The summed E-state index contributed by atoms with van der Waals surface area (Å²) in [5.74, 6) is 0.644. The van der Waals surface area contributed by atoms with E-state index >= 15 is 0 Å². The first-order chi connectivity index (χ1) is 13.0. The van der Waals surface area contributed by atoms with Gasteiger partial charge in [-0.3, -0.25) is 4.79 Å². The van der Waals surface area contributed by atoms with Crippen LogP contribution < -0.4 is 10.1 Å². The predicted octanol–water partition coefficient (Wildman–Crippen LogP) is 3.16. The maximum absolute atomic E-state index is 12.6. The molecule has 1 fully saturated rings. The van der Waals surface area contributed by atoms with Crippen LogP contribution >= 0.6 is 0 Å². The van der Waals surface area contributed by atoms with E-state index in [1.807, 2.05) is 24.3 Å². The van der Waals surface area contributed by atoms with E-state index in [2.05, 4.69) is 5.32 Å². The van der Waals surface area contributed by atoms with Crippen LogP contribution in [0.2, 0.25) is 0 Å². The van der Waals surface area contributed by atoms with Crippen LogP contribution in [0.5, 0.6) is 5.75 Å². The number of Topliss-reactive ketones (excluding diaryl/α,β-unsaturated/α-hetero) is 1. The second-order valence-electron chi connectivity index (χ2n) is 6.49. The van der Waals surface area contributed by atoms with Crippen molar-refractivity contribution >= 4 is 21.5 Å². The number of sulfonamides is 1. The highest BCUT2D eigenvalue weighted by molar-refractivity contribution is 7.89. The summed E-state index contributed by atoms with van der Waals surface area (Å²) >= 11 is 0. The number of ether oxygens (including phenoxy) is 1. The van der Waals surface area contributed by atoms with E-state index < -0.39 is 10.0 Å². The zero-order valence-corrected chi connectivity index (χ0v) is 16.2. The van der Waals surface area contributed by atoms with Gasteiger partial charge in [-0.25, -0.2) is 8.42 Å². The third kappa shape index (κ3) is 4.67. The molecule has 1 saturated heterocycles. The summed E-state index contributed by atoms with van der Waals surface area (Å²) < 4.78 is 31.9. The Morgan fingerprint density at radius 1 is 1.00 bits per heavy atom. The summed E-state index contributed by atoms with van der Waals surface area (Å²) in [5.41, 5.74) is 1.29. The van der Waals surface area contributed by atoms with Crippen molar-refractivity contribution in [3.05, 3.63) is 54.1 Å². The summed E-state index contributed by atoms with van der Waals surface area (Å²) in [5, 5.41) is 3.06. The molecule has 1 aliphatic rings. The first-order valence-electron chi connectivity index (χ1n) is 9.02. The summed E-state index contributed by atoms with van der Waals surface area (Å²) in [6, 6.07) is 13.5. The number of nitrogens with zero attached hydrogens (tertiary/aromatic N) is 1. The molecule has 1 aliphatic heterocycles. The number of carbonyl (C=O) groups excluding carboxylic acids is 1. The number of methoxy groups -OCH3 is 1. The van der Waals surface area contributed by atoms with Crippen LogP contribution in [0.25, 0.3) is 0 Å². The first-order valence-corrected chi connectivity index (χ1v) is 10.5. The molecular formula is C20H24N2O4S. The summed E-state index contributed by atoms with van der Waals surface area (Å²) in [7, 11) is -1.87. The van der Waals surface area contributed by atoms with Crippen molar-refractivity contribution in [3.63, 3.8) is 0 Å². The van der Waals surface area contributed by atoms with Crippen LogP contribution in [0.1, 0.15) is 29.6 Å². The Kier molecular flexibility index (Phi) is 6.13. The lowest BCUT2D eigenvalue weighted by atomic mass is 10.1. The average Bonchev–Trinajstić information content (AvgIpc) is 2.73. The Hall–Kier alpha value is -2.38. The van der Waals surface area contributed by atoms with E-state index in [4.69, 9.17) is 4.74 Å². The van der Waals surface area contributed by atoms with E-state index in [0.717, 1.165) is 30.7 Å². The molecule has 1 heterocycles. The Labute approximate surface area is 160 Å². The predicted molar refractivity (Wildman–Crippen MR) is 105 cm³/mol. The van der Waals surface area contributed by atoms with Crippen molar-refractivity contribution in [1.29, 1.82) is 0 Å². The number of carbonyl (C=O) groups is 1. The minimum Gasteiger partial charge on any atom is -0.497 e. The Morgan fingerprint density at radius 2 is 1.63 bits per heavy atom. The van der Waals surface area contributed by atoms with Gasteiger partial charge in [0.05, 0.1) is 18.6 Å². The topological polar surface area (TPSA) is 75.7 Å². The van der Waals surface area contributed by atoms with E-state index in [1.165, 1.54) is 16.4 Å².